The molecule has 0 saturated carbocycles. The first-order valence-electron chi connectivity index (χ1n) is 10.1. The number of nitrogen functional groups attached to an aromatic ring is 1. The second kappa shape index (κ2) is 8.85. The van der Waals surface area contributed by atoms with Gasteiger partial charge >= 0.3 is 11.3 Å². The van der Waals surface area contributed by atoms with Crippen LogP contribution in [0.5, 0.6) is 0 Å². The molecule has 0 spiro atoms. The number of ether oxygens (including phenoxy) is 1. The maximum absolute atomic E-state index is 12.5. The Bertz CT molecular complexity index is 1060. The van der Waals surface area contributed by atoms with Crippen molar-refractivity contribution in [1.29, 1.82) is 0 Å². The van der Waals surface area contributed by atoms with Gasteiger partial charge in [-0.3, -0.25) is 9.69 Å². The van der Waals surface area contributed by atoms with Crippen molar-refractivity contribution in [3.8, 4) is 0 Å². The van der Waals surface area contributed by atoms with Gasteiger partial charge in [0.05, 0.1) is 25.4 Å². The Morgan fingerprint density at radius 3 is 2.40 bits per heavy atom. The summed E-state index contributed by atoms with van der Waals surface area (Å²) in [6.45, 7) is 4.85. The molecule has 2 N–H and O–H groups in total. The normalized spacial score (nSPS) is 19.0. The number of nitrogens with zero attached hydrogens (tertiary/aromatic N) is 2. The highest BCUT2D eigenvalue weighted by molar-refractivity contribution is 5.89. The van der Waals surface area contributed by atoms with Gasteiger partial charge in [0.25, 0.3) is 0 Å². The van der Waals surface area contributed by atoms with Gasteiger partial charge < -0.3 is 24.2 Å². The van der Waals surface area contributed by atoms with Crippen LogP contribution in [-0.2, 0) is 9.53 Å². The molecule has 30 heavy (non-hydrogen) atoms. The summed E-state index contributed by atoms with van der Waals surface area (Å²) in [6, 6.07) is 3.33. The van der Waals surface area contributed by atoms with Gasteiger partial charge in [0.2, 0.25) is 5.91 Å². The summed E-state index contributed by atoms with van der Waals surface area (Å²) in [7, 11) is 0. The van der Waals surface area contributed by atoms with E-state index in [-0.39, 0.29) is 22.8 Å². The van der Waals surface area contributed by atoms with Crippen LogP contribution in [0.1, 0.15) is 18.4 Å². The zero-order chi connectivity index (χ0) is 21.1. The van der Waals surface area contributed by atoms with Gasteiger partial charge in [-0.2, -0.15) is 0 Å². The first-order chi connectivity index (χ1) is 14.5. The minimum absolute atomic E-state index is 0.0743. The molecule has 1 aromatic carbocycles. The number of carbonyl (C=O) groups is 1. The van der Waals surface area contributed by atoms with E-state index in [2.05, 4.69) is 4.90 Å². The van der Waals surface area contributed by atoms with Gasteiger partial charge in [-0.05, 0) is 30.9 Å². The largest absolute Gasteiger partial charge is 0.423 e. The quantitative estimate of drug-likeness (QED) is 0.578. The third kappa shape index (κ3) is 4.47. The molecule has 0 atom stereocenters. The summed E-state index contributed by atoms with van der Waals surface area (Å²) >= 11 is 0. The molecule has 9 nitrogen and oxygen atoms in total. The fraction of sp³-hybridized carbons (Fsp3) is 0.476. The minimum Gasteiger partial charge on any atom is -0.413 e. The average Bonchev–Trinajstić information content (AvgIpc) is 2.76. The Balaban J connectivity index is 1.39. The first kappa shape index (κ1) is 20.4. The SMILES string of the molecule is Nc1ccc(/C=C/C2CCN(C(=O)CN3CCOCC3)CC2)c2oc(=O)c(=O)oc12. The lowest BCUT2D eigenvalue weighted by Crippen LogP contribution is -2.46. The highest BCUT2D eigenvalue weighted by atomic mass is 16.5. The number of piperidine rings is 1. The second-order valence-electron chi connectivity index (χ2n) is 7.65. The van der Waals surface area contributed by atoms with E-state index in [0.717, 1.165) is 25.9 Å². The van der Waals surface area contributed by atoms with Gasteiger partial charge in [-0.15, -0.1) is 0 Å². The maximum atomic E-state index is 12.5. The number of morpholine rings is 1. The molecule has 0 aliphatic carbocycles. The van der Waals surface area contributed by atoms with E-state index in [4.69, 9.17) is 19.3 Å². The Morgan fingerprint density at radius 1 is 1.03 bits per heavy atom. The second-order valence-corrected chi connectivity index (χ2v) is 7.65. The molecule has 2 aliphatic heterocycles. The third-order valence-corrected chi connectivity index (χ3v) is 5.63. The number of hydrogen-bond donors (Lipinski definition) is 1. The van der Waals surface area contributed by atoms with E-state index in [9.17, 15) is 14.4 Å². The molecule has 2 saturated heterocycles. The maximum Gasteiger partial charge on any atom is 0.423 e. The number of nitrogens with two attached hydrogens (primary N) is 1. The average molecular weight is 415 g/mol. The molecule has 4 rings (SSSR count). The number of rotatable bonds is 4. The Morgan fingerprint density at radius 2 is 1.70 bits per heavy atom. The van der Waals surface area contributed by atoms with Crippen LogP contribution in [0, 0.1) is 5.92 Å². The summed E-state index contributed by atoms with van der Waals surface area (Å²) in [5, 5.41) is 0. The number of benzene rings is 1. The number of anilines is 1. The smallest absolute Gasteiger partial charge is 0.413 e. The van der Waals surface area contributed by atoms with Crippen LogP contribution < -0.4 is 17.0 Å². The molecule has 3 heterocycles. The lowest BCUT2D eigenvalue weighted by Gasteiger charge is -2.33. The van der Waals surface area contributed by atoms with Crippen molar-refractivity contribution in [3.05, 3.63) is 44.6 Å². The van der Waals surface area contributed by atoms with Gasteiger partial charge in [0, 0.05) is 31.7 Å². The fourth-order valence-electron chi connectivity index (χ4n) is 3.84. The molecule has 0 radical (unpaired) electrons. The lowest BCUT2D eigenvalue weighted by atomic mass is 9.95. The van der Waals surface area contributed by atoms with E-state index >= 15 is 0 Å². The standard InChI is InChI=1S/C21H25N3O6/c22-16-4-3-15(18-19(16)30-21(27)20(26)29-18)2-1-14-5-7-24(8-6-14)17(25)13-23-9-11-28-12-10-23/h1-4,14H,5-13,22H2/b2-1+. The Hall–Kier alpha value is -2.91. The van der Waals surface area contributed by atoms with E-state index in [0.29, 0.717) is 44.3 Å². The van der Waals surface area contributed by atoms with Gasteiger partial charge in [-0.25, -0.2) is 9.59 Å². The predicted molar refractivity (Wildman–Crippen MR) is 111 cm³/mol. The van der Waals surface area contributed by atoms with Crippen LogP contribution >= 0.6 is 0 Å². The highest BCUT2D eigenvalue weighted by Gasteiger charge is 2.23. The van der Waals surface area contributed by atoms with Gasteiger partial charge in [0.1, 0.15) is 0 Å². The molecule has 0 unspecified atom stereocenters. The molecule has 0 bridgehead atoms. The molecule has 9 heteroatoms. The van der Waals surface area contributed by atoms with Crippen LogP contribution in [-0.4, -0.2) is 61.6 Å². The van der Waals surface area contributed by atoms with Crippen molar-refractivity contribution in [1.82, 2.24) is 9.80 Å². The molecular formula is C21H25N3O6. The van der Waals surface area contributed by atoms with Crippen LogP contribution in [0.2, 0.25) is 0 Å². The molecule has 2 fully saturated rings. The van der Waals surface area contributed by atoms with E-state index in [1.54, 1.807) is 12.1 Å². The van der Waals surface area contributed by atoms with Crippen LogP contribution in [0.4, 0.5) is 5.69 Å². The summed E-state index contributed by atoms with van der Waals surface area (Å²) in [4.78, 5) is 39.6. The number of hydrogen-bond acceptors (Lipinski definition) is 8. The van der Waals surface area contributed by atoms with E-state index in [1.807, 2.05) is 17.1 Å². The summed E-state index contributed by atoms with van der Waals surface area (Å²) in [5.74, 6) is 0.466. The predicted octanol–water partition coefficient (Wildman–Crippen LogP) is 0.912. The van der Waals surface area contributed by atoms with Crippen molar-refractivity contribution < 1.29 is 18.4 Å². The molecule has 1 amide bonds. The summed E-state index contributed by atoms with van der Waals surface area (Å²) in [5.41, 5.74) is 4.77. The number of likely N-dealkylation sites (tertiary alicyclic amines) is 1. The van der Waals surface area contributed by atoms with Gasteiger partial charge in [0.15, 0.2) is 11.2 Å². The van der Waals surface area contributed by atoms with Crippen LogP contribution in [0.25, 0.3) is 17.2 Å². The molecule has 1 aromatic heterocycles. The number of carbonyl (C=O) groups excluding carboxylic acids is 1. The first-order valence-corrected chi connectivity index (χ1v) is 10.1. The zero-order valence-electron chi connectivity index (χ0n) is 16.7. The summed E-state index contributed by atoms with van der Waals surface area (Å²) in [6.07, 6.45) is 5.61. The van der Waals surface area contributed by atoms with Crippen molar-refractivity contribution >= 4 is 28.8 Å². The molecule has 160 valence electrons. The fourth-order valence-corrected chi connectivity index (χ4v) is 3.84. The van der Waals surface area contributed by atoms with E-state index in [1.165, 1.54) is 0 Å². The van der Waals surface area contributed by atoms with Crippen molar-refractivity contribution in [2.45, 2.75) is 12.8 Å². The third-order valence-electron chi connectivity index (χ3n) is 5.63. The summed E-state index contributed by atoms with van der Waals surface area (Å²) < 4.78 is 15.4. The van der Waals surface area contributed by atoms with Gasteiger partial charge in [-0.1, -0.05) is 12.2 Å². The minimum atomic E-state index is -1.08. The molecule has 2 aromatic rings. The molecule has 2 aliphatic rings. The highest BCUT2D eigenvalue weighted by Crippen LogP contribution is 2.25. The van der Waals surface area contributed by atoms with Crippen molar-refractivity contribution in [3.63, 3.8) is 0 Å². The molecular weight excluding hydrogens is 390 g/mol. The Labute approximate surface area is 172 Å². The van der Waals surface area contributed by atoms with Crippen LogP contribution in [0.15, 0.2) is 36.6 Å². The van der Waals surface area contributed by atoms with Crippen molar-refractivity contribution in [2.24, 2.45) is 5.92 Å². The van der Waals surface area contributed by atoms with E-state index < -0.39 is 11.3 Å². The number of allylic oxidation sites excluding steroid dienone is 1. The Kier molecular flexibility index (Phi) is 6.01. The topological polar surface area (TPSA) is 119 Å². The zero-order valence-corrected chi connectivity index (χ0v) is 16.7. The van der Waals surface area contributed by atoms with Crippen LogP contribution in [0.3, 0.4) is 0 Å². The monoisotopic (exact) mass is 415 g/mol. The number of fused-ring (bicyclic) bond motifs is 1. The lowest BCUT2D eigenvalue weighted by molar-refractivity contribution is -0.134. The van der Waals surface area contributed by atoms with Crippen molar-refractivity contribution in [2.75, 3.05) is 51.7 Å². The number of amides is 1.